The minimum Gasteiger partial charge on any atom is -0.493 e. The largest absolute Gasteiger partial charge is 0.493 e. The van der Waals surface area contributed by atoms with Crippen molar-refractivity contribution in [3.8, 4) is 5.75 Å². The number of aliphatic hydroxyl groups is 1. The summed E-state index contributed by atoms with van der Waals surface area (Å²) in [4.78, 5) is 27.6. The Morgan fingerprint density at radius 2 is 1.98 bits per heavy atom. The number of carbonyl (C=O) groups excluding carboxylic acids is 2. The monoisotopic (exact) mass is 625 g/mol. The second-order valence-electron chi connectivity index (χ2n) is 11.2. The van der Waals surface area contributed by atoms with E-state index in [-0.39, 0.29) is 62.4 Å². The van der Waals surface area contributed by atoms with E-state index in [2.05, 4.69) is 10.6 Å². The van der Waals surface area contributed by atoms with Gasteiger partial charge in [-0.1, -0.05) is 25.1 Å². The van der Waals surface area contributed by atoms with Crippen molar-refractivity contribution in [1.29, 1.82) is 0 Å². The van der Waals surface area contributed by atoms with Gasteiger partial charge in [0.25, 0.3) is 0 Å². The topological polar surface area (TPSA) is 100 Å². The molecule has 0 aromatic heterocycles. The molecule has 0 aliphatic carbocycles. The second-order valence-corrected chi connectivity index (χ2v) is 11.2. The summed E-state index contributed by atoms with van der Waals surface area (Å²) in [6.07, 6.45) is -3.60. The van der Waals surface area contributed by atoms with Gasteiger partial charge in [-0.15, -0.1) is 0 Å². The number of hydrogen-bond donors (Lipinski definition) is 3. The summed E-state index contributed by atoms with van der Waals surface area (Å²) in [5.74, 6) is -0.727. The standard InChI is InChI=1S/C32H43F4N3O5/c1-3-11-39-12-10-23(20-43-2)21-44-27-15-24(14-26(33)17-27)16-28(38-30(41)8-5-9-31(39)42)29(40)19-37-18-22-6-4-7-25(13-22)32(34,35)36/h4,6-7,13-15,17,23,28-29,37,40H,3,5,8-12,16,18-21H2,1-2H3,(H,38,41)/t23?,28-,29+/m0/s1. The first kappa shape index (κ1) is 35.3. The zero-order valence-electron chi connectivity index (χ0n) is 25.3. The lowest BCUT2D eigenvalue weighted by Crippen LogP contribution is -2.48. The molecule has 1 heterocycles. The number of aliphatic hydroxyl groups excluding tert-OH is 1. The van der Waals surface area contributed by atoms with Gasteiger partial charge in [0.2, 0.25) is 11.8 Å². The summed E-state index contributed by atoms with van der Waals surface area (Å²) in [6.45, 7) is 3.72. The number of halogens is 4. The van der Waals surface area contributed by atoms with E-state index in [9.17, 15) is 32.3 Å². The van der Waals surface area contributed by atoms with Crippen LogP contribution >= 0.6 is 0 Å². The van der Waals surface area contributed by atoms with Crippen molar-refractivity contribution in [3.05, 3.63) is 65.0 Å². The summed E-state index contributed by atoms with van der Waals surface area (Å²) >= 11 is 0. The van der Waals surface area contributed by atoms with Gasteiger partial charge < -0.3 is 30.1 Å². The molecule has 1 unspecified atom stereocenters. The first-order chi connectivity index (χ1) is 21.0. The zero-order chi connectivity index (χ0) is 32.1. The number of alkyl halides is 3. The maximum atomic E-state index is 14.6. The molecule has 1 aliphatic heterocycles. The van der Waals surface area contributed by atoms with Gasteiger partial charge >= 0.3 is 6.18 Å². The smallest absolute Gasteiger partial charge is 0.416 e. The van der Waals surface area contributed by atoms with E-state index in [0.29, 0.717) is 43.7 Å². The highest BCUT2D eigenvalue weighted by Gasteiger charge is 2.30. The van der Waals surface area contributed by atoms with Gasteiger partial charge in [-0.3, -0.25) is 9.59 Å². The van der Waals surface area contributed by atoms with Crippen molar-refractivity contribution in [2.45, 2.75) is 70.3 Å². The van der Waals surface area contributed by atoms with Crippen LogP contribution in [0.3, 0.4) is 0 Å². The molecule has 12 heteroatoms. The first-order valence-corrected chi connectivity index (χ1v) is 15.0. The predicted octanol–water partition coefficient (Wildman–Crippen LogP) is 4.48. The lowest BCUT2D eigenvalue weighted by atomic mass is 10.00. The molecular weight excluding hydrogens is 582 g/mol. The van der Waals surface area contributed by atoms with Crippen LogP contribution in [-0.4, -0.2) is 73.9 Å². The molecular formula is C32H43F4N3O5. The summed E-state index contributed by atoms with van der Waals surface area (Å²) in [7, 11) is 1.59. The summed E-state index contributed by atoms with van der Waals surface area (Å²) < 4.78 is 65.2. The molecule has 2 bridgehead atoms. The number of fused-ring (bicyclic) bond motifs is 2. The van der Waals surface area contributed by atoms with Gasteiger partial charge in [0, 0.05) is 58.1 Å². The lowest BCUT2D eigenvalue weighted by Gasteiger charge is -2.25. The van der Waals surface area contributed by atoms with Crippen LogP contribution in [0.25, 0.3) is 0 Å². The second kappa shape index (κ2) is 17.3. The number of nitrogens with one attached hydrogen (secondary N) is 2. The van der Waals surface area contributed by atoms with E-state index in [1.165, 1.54) is 18.2 Å². The number of nitrogens with zero attached hydrogens (tertiary/aromatic N) is 1. The molecule has 8 nitrogen and oxygen atoms in total. The number of amides is 2. The van der Waals surface area contributed by atoms with Gasteiger partial charge in [-0.05, 0) is 55.0 Å². The maximum absolute atomic E-state index is 14.6. The molecule has 0 saturated heterocycles. The number of hydrogen-bond acceptors (Lipinski definition) is 6. The van der Waals surface area contributed by atoms with Gasteiger partial charge in [0.15, 0.2) is 0 Å². The third-order valence-electron chi connectivity index (χ3n) is 7.47. The van der Waals surface area contributed by atoms with Gasteiger partial charge in [0.05, 0.1) is 30.9 Å². The summed E-state index contributed by atoms with van der Waals surface area (Å²) in [6, 6.07) is 8.23. The van der Waals surface area contributed by atoms with Gasteiger partial charge in [0.1, 0.15) is 11.6 Å². The molecule has 2 aromatic rings. The van der Waals surface area contributed by atoms with Crippen LogP contribution in [0.1, 0.15) is 55.7 Å². The fourth-order valence-electron chi connectivity index (χ4n) is 5.19. The van der Waals surface area contributed by atoms with Crippen molar-refractivity contribution in [2.75, 3.05) is 40.0 Å². The average Bonchev–Trinajstić information content (AvgIpc) is 2.96. The van der Waals surface area contributed by atoms with Gasteiger partial charge in [-0.25, -0.2) is 4.39 Å². The Morgan fingerprint density at radius 3 is 2.70 bits per heavy atom. The minimum absolute atomic E-state index is 0.0460. The normalized spacial score (nSPS) is 20.0. The van der Waals surface area contributed by atoms with E-state index < -0.39 is 29.7 Å². The Labute approximate surface area is 256 Å². The van der Waals surface area contributed by atoms with Crippen LogP contribution in [0, 0.1) is 11.7 Å². The third-order valence-corrected chi connectivity index (χ3v) is 7.47. The van der Waals surface area contributed by atoms with Gasteiger partial charge in [-0.2, -0.15) is 13.2 Å². The fourth-order valence-corrected chi connectivity index (χ4v) is 5.19. The van der Waals surface area contributed by atoms with Crippen molar-refractivity contribution < 1.29 is 41.7 Å². The Hall–Kier alpha value is -3.22. The summed E-state index contributed by atoms with van der Waals surface area (Å²) in [5, 5.41) is 16.8. The minimum atomic E-state index is -4.47. The predicted molar refractivity (Wildman–Crippen MR) is 157 cm³/mol. The molecule has 3 rings (SSSR count). The van der Waals surface area contributed by atoms with Crippen LogP contribution in [0.2, 0.25) is 0 Å². The third kappa shape index (κ3) is 11.7. The highest BCUT2D eigenvalue weighted by atomic mass is 19.4. The molecule has 0 spiro atoms. The maximum Gasteiger partial charge on any atom is 0.416 e. The molecule has 2 amide bonds. The van der Waals surface area contributed by atoms with Crippen LogP contribution in [0.4, 0.5) is 17.6 Å². The molecule has 244 valence electrons. The molecule has 3 atom stereocenters. The number of carbonyl (C=O) groups is 2. The Kier molecular flexibility index (Phi) is 13.9. The molecule has 0 radical (unpaired) electrons. The summed E-state index contributed by atoms with van der Waals surface area (Å²) in [5.41, 5.74) is 0.0939. The molecule has 0 saturated carbocycles. The van der Waals surface area contributed by atoms with E-state index in [0.717, 1.165) is 18.6 Å². The van der Waals surface area contributed by atoms with E-state index in [1.807, 2.05) is 6.92 Å². The molecule has 0 fully saturated rings. The Balaban J connectivity index is 1.77. The SMILES string of the molecule is CCCN1CCC(COC)COc2cc(F)cc(c2)C[C@@H]([C@H](O)CNCc2cccc(C(F)(F)F)c2)NC(=O)CCCC1=O. The number of ether oxygens (including phenoxy) is 2. The van der Waals surface area contributed by atoms with Crippen LogP contribution < -0.4 is 15.4 Å². The van der Waals surface area contributed by atoms with E-state index in [4.69, 9.17) is 9.47 Å². The highest BCUT2D eigenvalue weighted by Crippen LogP contribution is 2.29. The Bertz CT molecular complexity index is 1210. The van der Waals surface area contributed by atoms with Crippen molar-refractivity contribution in [3.63, 3.8) is 0 Å². The Morgan fingerprint density at radius 1 is 1.18 bits per heavy atom. The quantitative estimate of drug-likeness (QED) is 0.356. The van der Waals surface area contributed by atoms with Crippen molar-refractivity contribution >= 4 is 11.8 Å². The molecule has 44 heavy (non-hydrogen) atoms. The molecule has 2 aromatic carbocycles. The number of methoxy groups -OCH3 is 1. The molecule has 3 N–H and O–H groups in total. The first-order valence-electron chi connectivity index (χ1n) is 15.0. The highest BCUT2D eigenvalue weighted by molar-refractivity contribution is 5.79. The number of rotatable bonds is 9. The van der Waals surface area contributed by atoms with Crippen molar-refractivity contribution in [1.82, 2.24) is 15.5 Å². The fraction of sp³-hybridized carbons (Fsp3) is 0.562. The van der Waals surface area contributed by atoms with E-state index >= 15 is 0 Å². The molecule has 1 aliphatic rings. The zero-order valence-corrected chi connectivity index (χ0v) is 25.3. The van der Waals surface area contributed by atoms with Crippen molar-refractivity contribution in [2.24, 2.45) is 5.92 Å². The van der Waals surface area contributed by atoms with Crippen LogP contribution in [0.5, 0.6) is 5.75 Å². The van der Waals surface area contributed by atoms with Crippen LogP contribution in [0.15, 0.2) is 42.5 Å². The average molecular weight is 626 g/mol. The van der Waals surface area contributed by atoms with E-state index in [1.54, 1.807) is 24.1 Å². The number of benzene rings is 2. The van der Waals surface area contributed by atoms with Crippen LogP contribution in [-0.2, 0) is 33.5 Å². The lowest BCUT2D eigenvalue weighted by molar-refractivity contribution is -0.137.